The Morgan fingerprint density at radius 2 is 1.91 bits per heavy atom. The SMILES string of the molecule is COCCOc1ncccc1C1C(C(=O)C(C)C)=C(O)C(=O)N1c1ccc(-c2cccs2)cc1. The molecule has 0 radical (unpaired) electrons. The van der Waals surface area contributed by atoms with Gasteiger partial charge in [0.1, 0.15) is 12.6 Å². The van der Waals surface area contributed by atoms with Crippen LogP contribution in [0.15, 0.2) is 71.4 Å². The van der Waals surface area contributed by atoms with E-state index in [2.05, 4.69) is 4.98 Å². The van der Waals surface area contributed by atoms with Crippen LogP contribution in [-0.2, 0) is 14.3 Å². The summed E-state index contributed by atoms with van der Waals surface area (Å²) in [5.74, 6) is -1.62. The van der Waals surface area contributed by atoms with Crippen molar-refractivity contribution < 1.29 is 24.2 Å². The first-order valence-electron chi connectivity index (χ1n) is 11.0. The number of benzene rings is 1. The maximum absolute atomic E-state index is 13.3. The molecule has 8 heteroatoms. The van der Waals surface area contributed by atoms with Crippen LogP contribution >= 0.6 is 11.3 Å². The Kier molecular flexibility index (Phi) is 7.09. The molecule has 1 aliphatic heterocycles. The van der Waals surface area contributed by atoms with Gasteiger partial charge in [0.25, 0.3) is 5.91 Å². The molecule has 3 aromatic rings. The van der Waals surface area contributed by atoms with Gasteiger partial charge in [-0.1, -0.05) is 32.0 Å². The van der Waals surface area contributed by atoms with E-state index in [1.165, 1.54) is 4.90 Å². The van der Waals surface area contributed by atoms with Gasteiger partial charge in [0, 0.05) is 35.4 Å². The normalized spacial score (nSPS) is 15.9. The summed E-state index contributed by atoms with van der Waals surface area (Å²) >= 11 is 1.62. The molecule has 4 rings (SSSR count). The largest absolute Gasteiger partial charge is 0.503 e. The molecule has 1 atom stereocenters. The summed E-state index contributed by atoms with van der Waals surface area (Å²) in [7, 11) is 1.57. The number of aliphatic hydroxyl groups is 1. The molecule has 1 aliphatic rings. The van der Waals surface area contributed by atoms with Crippen LogP contribution < -0.4 is 9.64 Å². The molecule has 1 aromatic carbocycles. The minimum absolute atomic E-state index is 0.0481. The second-order valence-corrected chi connectivity index (χ2v) is 9.07. The van der Waals surface area contributed by atoms with Crippen molar-refractivity contribution in [3.8, 4) is 16.3 Å². The molecule has 3 heterocycles. The Hall–Kier alpha value is -3.49. The van der Waals surface area contributed by atoms with Crippen molar-refractivity contribution >= 4 is 28.7 Å². The molecule has 0 saturated heterocycles. The lowest BCUT2D eigenvalue weighted by Gasteiger charge is -2.28. The number of nitrogens with zero attached hydrogens (tertiary/aromatic N) is 2. The lowest BCUT2D eigenvalue weighted by atomic mass is 9.91. The summed E-state index contributed by atoms with van der Waals surface area (Å²) in [6.45, 7) is 4.08. The molecule has 0 saturated carbocycles. The third-order valence-electron chi connectivity index (χ3n) is 5.57. The minimum atomic E-state index is -0.874. The van der Waals surface area contributed by atoms with Crippen molar-refractivity contribution in [2.24, 2.45) is 5.92 Å². The van der Waals surface area contributed by atoms with Crippen LogP contribution in [-0.4, -0.2) is 42.1 Å². The number of aromatic nitrogens is 1. The quantitative estimate of drug-likeness (QED) is 0.437. The van der Waals surface area contributed by atoms with E-state index in [0.29, 0.717) is 17.9 Å². The number of hydrogen-bond acceptors (Lipinski definition) is 7. The van der Waals surface area contributed by atoms with Crippen molar-refractivity contribution in [2.75, 3.05) is 25.2 Å². The molecule has 0 spiro atoms. The summed E-state index contributed by atoms with van der Waals surface area (Å²) in [5, 5.41) is 12.8. The Bertz CT molecular complexity index is 1200. The maximum Gasteiger partial charge on any atom is 0.294 e. The number of ether oxygens (including phenoxy) is 2. The fraction of sp³-hybridized carbons (Fsp3) is 0.269. The van der Waals surface area contributed by atoms with Crippen LogP contribution in [0.1, 0.15) is 25.5 Å². The van der Waals surface area contributed by atoms with Gasteiger partial charge < -0.3 is 14.6 Å². The summed E-state index contributed by atoms with van der Waals surface area (Å²) < 4.78 is 10.9. The van der Waals surface area contributed by atoms with Gasteiger partial charge in [0.05, 0.1) is 12.2 Å². The number of thiophene rings is 1. The first kappa shape index (κ1) is 23.7. The van der Waals surface area contributed by atoms with Crippen molar-refractivity contribution in [3.63, 3.8) is 0 Å². The summed E-state index contributed by atoms with van der Waals surface area (Å²) in [6.07, 6.45) is 1.58. The zero-order chi connectivity index (χ0) is 24.2. The molecule has 0 aliphatic carbocycles. The van der Waals surface area contributed by atoms with Gasteiger partial charge in [-0.05, 0) is 41.3 Å². The molecule has 34 heavy (non-hydrogen) atoms. The highest BCUT2D eigenvalue weighted by Gasteiger charge is 2.46. The third kappa shape index (κ3) is 4.47. The predicted octanol–water partition coefficient (Wildman–Crippen LogP) is 4.96. The highest BCUT2D eigenvalue weighted by Crippen LogP contribution is 2.44. The zero-order valence-electron chi connectivity index (χ0n) is 19.2. The van der Waals surface area contributed by atoms with E-state index in [4.69, 9.17) is 9.47 Å². The predicted molar refractivity (Wildman–Crippen MR) is 131 cm³/mol. The van der Waals surface area contributed by atoms with Gasteiger partial charge in [-0.3, -0.25) is 14.5 Å². The first-order chi connectivity index (χ1) is 16.4. The molecule has 1 amide bonds. The topological polar surface area (TPSA) is 89.0 Å². The Labute approximate surface area is 202 Å². The number of methoxy groups -OCH3 is 1. The van der Waals surface area contributed by atoms with E-state index < -0.39 is 23.6 Å². The number of hydrogen-bond donors (Lipinski definition) is 1. The fourth-order valence-electron chi connectivity index (χ4n) is 3.91. The van der Waals surface area contributed by atoms with Crippen molar-refractivity contribution in [2.45, 2.75) is 19.9 Å². The number of ketones is 1. The second-order valence-electron chi connectivity index (χ2n) is 8.12. The lowest BCUT2D eigenvalue weighted by Crippen LogP contribution is -2.32. The Balaban J connectivity index is 1.80. The van der Waals surface area contributed by atoms with E-state index in [1.54, 1.807) is 50.6 Å². The third-order valence-corrected chi connectivity index (χ3v) is 6.49. The summed E-state index contributed by atoms with van der Waals surface area (Å²) in [6, 6.07) is 14.1. The van der Waals surface area contributed by atoms with Gasteiger partial charge in [-0.15, -0.1) is 11.3 Å². The lowest BCUT2D eigenvalue weighted by molar-refractivity contribution is -0.119. The van der Waals surface area contributed by atoms with E-state index >= 15 is 0 Å². The molecular formula is C26H26N2O5S. The first-order valence-corrected chi connectivity index (χ1v) is 11.8. The fourth-order valence-corrected chi connectivity index (χ4v) is 4.64. The zero-order valence-corrected chi connectivity index (χ0v) is 20.0. The van der Waals surface area contributed by atoms with Crippen molar-refractivity contribution in [1.82, 2.24) is 4.98 Å². The summed E-state index contributed by atoms with van der Waals surface area (Å²) in [5.41, 5.74) is 2.14. The number of amides is 1. The number of rotatable bonds is 9. The second kappa shape index (κ2) is 10.2. The van der Waals surface area contributed by atoms with Crippen LogP contribution in [0, 0.1) is 5.92 Å². The molecule has 0 fully saturated rings. The number of carbonyl (C=O) groups is 2. The van der Waals surface area contributed by atoms with Gasteiger partial charge in [-0.2, -0.15) is 0 Å². The highest BCUT2D eigenvalue weighted by atomic mass is 32.1. The van der Waals surface area contributed by atoms with Gasteiger partial charge >= 0.3 is 0 Å². The van der Waals surface area contributed by atoms with Crippen LogP contribution in [0.25, 0.3) is 10.4 Å². The van der Waals surface area contributed by atoms with Gasteiger partial charge in [0.2, 0.25) is 5.88 Å². The van der Waals surface area contributed by atoms with Crippen molar-refractivity contribution in [1.29, 1.82) is 0 Å². The maximum atomic E-state index is 13.3. The van der Waals surface area contributed by atoms with Crippen LogP contribution in [0.5, 0.6) is 5.88 Å². The molecule has 1 unspecified atom stereocenters. The average molecular weight is 479 g/mol. The van der Waals surface area contributed by atoms with E-state index in [-0.39, 0.29) is 23.8 Å². The standard InChI is InChI=1S/C26H26N2O5S/c1-16(2)23(29)21-22(19-6-4-12-27-25(19)33-14-13-32-3)28(26(31)24(21)30)18-10-8-17(9-11-18)20-7-5-15-34-20/h4-12,15-16,22,30H,13-14H2,1-3H3. The molecule has 2 aromatic heterocycles. The number of aliphatic hydroxyl groups excluding tert-OH is 1. The molecule has 0 bridgehead atoms. The number of carbonyl (C=O) groups excluding carboxylic acids is 2. The van der Waals surface area contributed by atoms with Gasteiger partial charge in [0.15, 0.2) is 11.5 Å². The Morgan fingerprint density at radius 3 is 2.56 bits per heavy atom. The molecule has 1 N–H and O–H groups in total. The molecular weight excluding hydrogens is 452 g/mol. The van der Waals surface area contributed by atoms with Gasteiger partial charge in [-0.25, -0.2) is 4.98 Å². The minimum Gasteiger partial charge on any atom is -0.503 e. The molecule has 7 nitrogen and oxygen atoms in total. The van der Waals surface area contributed by atoms with E-state index in [0.717, 1.165) is 10.4 Å². The highest BCUT2D eigenvalue weighted by molar-refractivity contribution is 7.13. The van der Waals surface area contributed by atoms with Crippen LogP contribution in [0.2, 0.25) is 0 Å². The average Bonchev–Trinajstić information content (AvgIpc) is 3.47. The smallest absolute Gasteiger partial charge is 0.294 e. The van der Waals surface area contributed by atoms with Crippen LogP contribution in [0.4, 0.5) is 5.69 Å². The summed E-state index contributed by atoms with van der Waals surface area (Å²) in [4.78, 5) is 33.3. The van der Waals surface area contributed by atoms with Crippen molar-refractivity contribution in [3.05, 3.63) is 77.0 Å². The molecule has 176 valence electrons. The number of Topliss-reactive ketones (excluding diaryl/α,β-unsaturated/α-hetero) is 1. The van der Waals surface area contributed by atoms with Crippen LogP contribution in [0.3, 0.4) is 0 Å². The van der Waals surface area contributed by atoms with E-state index in [1.807, 2.05) is 41.8 Å². The van der Waals surface area contributed by atoms with E-state index in [9.17, 15) is 14.7 Å². The number of anilines is 1. The number of pyridine rings is 1. The monoisotopic (exact) mass is 478 g/mol. The Morgan fingerprint density at radius 1 is 1.15 bits per heavy atom.